The van der Waals surface area contributed by atoms with E-state index in [1.54, 1.807) is 6.08 Å². The molecule has 1 fully saturated rings. The van der Waals surface area contributed by atoms with E-state index in [2.05, 4.69) is 50.4 Å². The molecule has 1 saturated heterocycles. The summed E-state index contributed by atoms with van der Waals surface area (Å²) >= 11 is 0. The molecular formula is C58H107NO10. The average molecular weight is 978 g/mol. The molecule has 0 aromatic heterocycles. The van der Waals surface area contributed by atoms with Crippen LogP contribution in [0.25, 0.3) is 0 Å². The maximum atomic E-state index is 13.4. The Kier molecular flexibility index (Phi) is 44.1. The largest absolute Gasteiger partial charge is 0.454 e. The Morgan fingerprint density at radius 1 is 0.565 bits per heavy atom. The molecular weight excluding hydrogens is 871 g/mol. The minimum atomic E-state index is -1.61. The van der Waals surface area contributed by atoms with E-state index in [1.807, 2.05) is 6.08 Å². The minimum Gasteiger partial charge on any atom is -0.454 e. The predicted octanol–water partition coefficient (Wildman–Crippen LogP) is 12.7. The number of esters is 1. The van der Waals surface area contributed by atoms with Crippen LogP contribution >= 0.6 is 0 Å². The lowest BCUT2D eigenvalue weighted by Crippen LogP contribution is -2.61. The van der Waals surface area contributed by atoms with Crippen LogP contribution in [-0.2, 0) is 23.8 Å². The summed E-state index contributed by atoms with van der Waals surface area (Å²) in [4.78, 5) is 26.4. The van der Waals surface area contributed by atoms with E-state index >= 15 is 0 Å². The van der Waals surface area contributed by atoms with Gasteiger partial charge in [-0.1, -0.05) is 237 Å². The van der Waals surface area contributed by atoms with E-state index < -0.39 is 67.4 Å². The molecule has 1 aliphatic heterocycles. The molecule has 1 rings (SSSR count). The van der Waals surface area contributed by atoms with Gasteiger partial charge in [0.2, 0.25) is 5.91 Å². The van der Waals surface area contributed by atoms with Crippen molar-refractivity contribution in [2.24, 2.45) is 0 Å². The van der Waals surface area contributed by atoms with Gasteiger partial charge in [-0.25, -0.2) is 0 Å². The summed E-state index contributed by atoms with van der Waals surface area (Å²) in [5.41, 5.74) is 0. The number of allylic oxidation sites excluding steroid dienone is 5. The number of carbonyl (C=O) groups excluding carboxylic acids is 2. The number of rotatable bonds is 48. The third-order valence-electron chi connectivity index (χ3n) is 13.6. The van der Waals surface area contributed by atoms with Crippen LogP contribution < -0.4 is 5.32 Å². The molecule has 6 N–H and O–H groups in total. The van der Waals surface area contributed by atoms with Crippen molar-refractivity contribution in [3.8, 4) is 0 Å². The highest BCUT2D eigenvalue weighted by Crippen LogP contribution is 2.26. The number of unbranched alkanes of at least 4 members (excludes halogenated alkanes) is 31. The molecule has 0 radical (unpaired) electrons. The lowest BCUT2D eigenvalue weighted by Gasteiger charge is -2.41. The van der Waals surface area contributed by atoms with Gasteiger partial charge in [0, 0.05) is 6.42 Å². The van der Waals surface area contributed by atoms with Gasteiger partial charge in [-0.05, 0) is 51.4 Å². The van der Waals surface area contributed by atoms with Gasteiger partial charge in [0.05, 0.1) is 25.4 Å². The maximum absolute atomic E-state index is 13.4. The molecule has 1 aliphatic rings. The number of amides is 1. The fraction of sp³-hybridized carbons (Fsp3) is 0.862. The SMILES string of the molecule is CCCCC/C=C/C=C/CCCCCCCC(O)C(=O)NC(COC1OC(CO)C(O)C(O)C1OC(=O)CCCCCCCCCCCCCCCC)C(O)/C=C/CCCCCCCCCCCC. The van der Waals surface area contributed by atoms with Crippen molar-refractivity contribution < 1.29 is 49.3 Å². The molecule has 0 aliphatic carbocycles. The molecule has 11 heteroatoms. The number of aliphatic hydroxyl groups is 5. The molecule has 0 bridgehead atoms. The topological polar surface area (TPSA) is 175 Å². The van der Waals surface area contributed by atoms with Gasteiger partial charge in [0.25, 0.3) is 0 Å². The van der Waals surface area contributed by atoms with E-state index in [0.717, 1.165) is 77.0 Å². The maximum Gasteiger partial charge on any atom is 0.306 e. The Morgan fingerprint density at radius 2 is 0.986 bits per heavy atom. The molecule has 1 amide bonds. The van der Waals surface area contributed by atoms with Gasteiger partial charge < -0.3 is 45.1 Å². The van der Waals surface area contributed by atoms with Gasteiger partial charge in [0.15, 0.2) is 12.4 Å². The van der Waals surface area contributed by atoms with Crippen molar-refractivity contribution in [1.29, 1.82) is 0 Å². The Morgan fingerprint density at radius 3 is 1.48 bits per heavy atom. The third kappa shape index (κ3) is 35.6. The summed E-state index contributed by atoms with van der Waals surface area (Å²) in [6.45, 7) is 5.74. The van der Waals surface area contributed by atoms with Gasteiger partial charge in [-0.2, -0.15) is 0 Å². The number of nitrogens with one attached hydrogen (secondary N) is 1. The second-order valence-corrected chi connectivity index (χ2v) is 20.1. The van der Waals surface area contributed by atoms with Crippen LogP contribution in [-0.4, -0.2) is 99.6 Å². The first-order valence-corrected chi connectivity index (χ1v) is 28.8. The van der Waals surface area contributed by atoms with Crippen LogP contribution in [0.15, 0.2) is 36.5 Å². The molecule has 0 saturated carbocycles. The molecule has 0 aromatic rings. The van der Waals surface area contributed by atoms with E-state index in [9.17, 15) is 35.1 Å². The number of aliphatic hydroxyl groups excluding tert-OH is 5. The fourth-order valence-electron chi connectivity index (χ4n) is 8.94. The molecule has 8 atom stereocenters. The van der Waals surface area contributed by atoms with Crippen molar-refractivity contribution in [2.75, 3.05) is 13.2 Å². The van der Waals surface area contributed by atoms with Gasteiger partial charge in [0.1, 0.15) is 24.4 Å². The Balaban J connectivity index is 2.74. The molecule has 8 unspecified atom stereocenters. The van der Waals surface area contributed by atoms with Crippen LogP contribution in [0.5, 0.6) is 0 Å². The highest BCUT2D eigenvalue weighted by Gasteiger charge is 2.47. The number of hydrogen-bond donors (Lipinski definition) is 6. The Hall–Kier alpha value is -2.12. The summed E-state index contributed by atoms with van der Waals surface area (Å²) in [6.07, 6.45) is 43.2. The normalized spacial score (nSPS) is 20.0. The monoisotopic (exact) mass is 978 g/mol. The lowest BCUT2D eigenvalue weighted by molar-refractivity contribution is -0.305. The summed E-state index contributed by atoms with van der Waals surface area (Å²) in [6, 6.07) is -1.03. The standard InChI is InChI=1S/C58H107NO10/c1-4-7-10-13-16-19-22-25-27-30-33-36-39-42-45-51(62)57(66)59-49(50(61)44-41-38-35-32-29-24-21-18-15-12-9-6-3)48-67-58-56(55(65)54(64)52(47-60)68-58)69-53(63)46-43-40-37-34-31-28-26-23-20-17-14-11-8-5-2/h16,19,22,25,41,44,49-52,54-56,58,60-62,64-65H,4-15,17-18,20-21,23-24,26-40,42-43,45-48H2,1-3H3,(H,59,66)/b19-16+,25-22+,44-41+. The molecule has 11 nitrogen and oxygen atoms in total. The average Bonchev–Trinajstić information content (AvgIpc) is 3.34. The molecule has 1 heterocycles. The van der Waals surface area contributed by atoms with Crippen LogP contribution in [0.1, 0.15) is 258 Å². The summed E-state index contributed by atoms with van der Waals surface area (Å²) in [5.74, 6) is -1.20. The van der Waals surface area contributed by atoms with Crippen molar-refractivity contribution in [3.05, 3.63) is 36.5 Å². The lowest BCUT2D eigenvalue weighted by atomic mass is 9.99. The van der Waals surface area contributed by atoms with E-state index in [-0.39, 0.29) is 19.4 Å². The van der Waals surface area contributed by atoms with Crippen LogP contribution in [0, 0.1) is 0 Å². The van der Waals surface area contributed by atoms with Crippen molar-refractivity contribution >= 4 is 11.9 Å². The van der Waals surface area contributed by atoms with E-state index in [1.165, 1.54) is 135 Å². The first-order chi connectivity index (χ1) is 33.7. The zero-order valence-corrected chi connectivity index (χ0v) is 44.4. The van der Waals surface area contributed by atoms with Gasteiger partial charge in [-0.15, -0.1) is 0 Å². The quantitative estimate of drug-likeness (QED) is 0.0149. The van der Waals surface area contributed by atoms with Crippen molar-refractivity contribution in [3.63, 3.8) is 0 Å². The second kappa shape index (κ2) is 46.9. The van der Waals surface area contributed by atoms with Crippen LogP contribution in [0.3, 0.4) is 0 Å². The first kappa shape index (κ1) is 64.9. The highest BCUT2D eigenvalue weighted by atomic mass is 16.7. The van der Waals surface area contributed by atoms with Gasteiger partial charge in [-0.3, -0.25) is 9.59 Å². The Labute approximate surface area is 422 Å². The summed E-state index contributed by atoms with van der Waals surface area (Å²) in [5, 5.41) is 56.8. The number of ether oxygens (including phenoxy) is 3. The molecule has 0 aromatic carbocycles. The van der Waals surface area contributed by atoms with E-state index in [0.29, 0.717) is 12.8 Å². The molecule has 69 heavy (non-hydrogen) atoms. The van der Waals surface area contributed by atoms with Crippen molar-refractivity contribution in [1.82, 2.24) is 5.32 Å². The molecule has 0 spiro atoms. The zero-order valence-electron chi connectivity index (χ0n) is 44.4. The second-order valence-electron chi connectivity index (χ2n) is 20.1. The van der Waals surface area contributed by atoms with Crippen LogP contribution in [0.2, 0.25) is 0 Å². The minimum absolute atomic E-state index is 0.126. The number of hydrogen-bond acceptors (Lipinski definition) is 10. The zero-order chi connectivity index (χ0) is 50.4. The Bertz CT molecular complexity index is 1260. The van der Waals surface area contributed by atoms with Gasteiger partial charge >= 0.3 is 5.97 Å². The number of carbonyl (C=O) groups is 2. The van der Waals surface area contributed by atoms with Crippen molar-refractivity contribution in [2.45, 2.75) is 307 Å². The smallest absolute Gasteiger partial charge is 0.306 e. The van der Waals surface area contributed by atoms with Crippen LogP contribution in [0.4, 0.5) is 0 Å². The van der Waals surface area contributed by atoms with E-state index in [4.69, 9.17) is 14.2 Å². The summed E-state index contributed by atoms with van der Waals surface area (Å²) < 4.78 is 17.6. The highest BCUT2D eigenvalue weighted by molar-refractivity contribution is 5.80. The third-order valence-corrected chi connectivity index (χ3v) is 13.6. The predicted molar refractivity (Wildman–Crippen MR) is 283 cm³/mol. The summed E-state index contributed by atoms with van der Waals surface area (Å²) in [7, 11) is 0. The fourth-order valence-corrected chi connectivity index (χ4v) is 8.94. The first-order valence-electron chi connectivity index (χ1n) is 28.8. The molecule has 404 valence electrons.